The SMILES string of the molecule is COc1cccc(/C=C2\CCCC3=C2N=C2SC=C(c4ccc([N+](=O)[O-])cc4)N2[C@@H]3c2cccc(OC)c2)c1. The van der Waals surface area contributed by atoms with Crippen molar-refractivity contribution in [3.63, 3.8) is 0 Å². The molecule has 3 aromatic carbocycles. The molecule has 1 atom stereocenters. The minimum absolute atomic E-state index is 0.0754. The molecule has 0 spiro atoms. The van der Waals surface area contributed by atoms with E-state index in [4.69, 9.17) is 14.5 Å². The molecule has 8 heteroatoms. The number of nitro benzene ring substituents is 1. The lowest BCUT2D eigenvalue weighted by Gasteiger charge is -2.40. The van der Waals surface area contributed by atoms with Crippen molar-refractivity contribution < 1.29 is 14.4 Å². The maximum absolute atomic E-state index is 11.2. The second kappa shape index (κ2) is 10.5. The monoisotopic (exact) mass is 537 g/mol. The van der Waals surface area contributed by atoms with E-state index >= 15 is 0 Å². The number of allylic oxidation sites excluding steroid dienone is 1. The smallest absolute Gasteiger partial charge is 0.269 e. The predicted molar refractivity (Wildman–Crippen MR) is 156 cm³/mol. The predicted octanol–water partition coefficient (Wildman–Crippen LogP) is 7.59. The number of fused-ring (bicyclic) bond motifs is 1. The van der Waals surface area contributed by atoms with E-state index in [0.717, 1.165) is 64.0 Å². The molecule has 39 heavy (non-hydrogen) atoms. The minimum Gasteiger partial charge on any atom is -0.497 e. The third-order valence-corrected chi connectivity index (χ3v) is 8.10. The number of nitrogens with zero attached hydrogens (tertiary/aromatic N) is 3. The zero-order chi connectivity index (χ0) is 26.9. The van der Waals surface area contributed by atoms with Crippen molar-refractivity contribution in [2.45, 2.75) is 25.3 Å². The van der Waals surface area contributed by atoms with Gasteiger partial charge in [-0.3, -0.25) is 10.1 Å². The van der Waals surface area contributed by atoms with Gasteiger partial charge in [0.25, 0.3) is 5.69 Å². The van der Waals surface area contributed by atoms with Gasteiger partial charge >= 0.3 is 0 Å². The van der Waals surface area contributed by atoms with Gasteiger partial charge in [0, 0.05) is 17.5 Å². The Kier molecular flexibility index (Phi) is 6.70. The van der Waals surface area contributed by atoms with Crippen molar-refractivity contribution in [3.8, 4) is 11.5 Å². The molecule has 7 nitrogen and oxygen atoms in total. The molecule has 0 bridgehead atoms. The average Bonchev–Trinajstić information content (AvgIpc) is 3.40. The van der Waals surface area contributed by atoms with E-state index in [0.29, 0.717) is 0 Å². The largest absolute Gasteiger partial charge is 0.497 e. The third-order valence-electron chi connectivity index (χ3n) is 7.26. The Morgan fingerprint density at radius 2 is 1.74 bits per heavy atom. The van der Waals surface area contributed by atoms with Gasteiger partial charge in [0.15, 0.2) is 5.17 Å². The first-order valence-electron chi connectivity index (χ1n) is 12.8. The van der Waals surface area contributed by atoms with Crippen LogP contribution in [0, 0.1) is 10.1 Å². The summed E-state index contributed by atoms with van der Waals surface area (Å²) in [6.45, 7) is 0. The fraction of sp³-hybridized carbons (Fsp3) is 0.194. The van der Waals surface area contributed by atoms with Crippen molar-refractivity contribution in [2.24, 2.45) is 4.99 Å². The molecule has 2 aliphatic heterocycles. The number of thioether (sulfide) groups is 1. The lowest BCUT2D eigenvalue weighted by atomic mass is 9.82. The maximum Gasteiger partial charge on any atom is 0.269 e. The molecule has 0 radical (unpaired) electrons. The molecular formula is C31H27N3O4S. The summed E-state index contributed by atoms with van der Waals surface area (Å²) in [7, 11) is 3.36. The highest BCUT2D eigenvalue weighted by atomic mass is 32.2. The molecule has 0 N–H and O–H groups in total. The summed E-state index contributed by atoms with van der Waals surface area (Å²) in [6, 6.07) is 23.0. The average molecular weight is 538 g/mol. The molecule has 6 rings (SSSR count). The van der Waals surface area contributed by atoms with E-state index in [-0.39, 0.29) is 16.7 Å². The standard InChI is InChI=1S/C31H27N3O4S/c1-37-25-9-3-6-20(17-25)16-22-7-5-11-27-29(22)32-31-33(30(27)23-8-4-10-26(18-23)38-2)28(19-39-31)21-12-14-24(15-13-21)34(35)36/h3-4,6,8-10,12-19,30H,5,7,11H2,1-2H3/b22-16+/t30-/m1/s1. The van der Waals surface area contributed by atoms with Gasteiger partial charge in [-0.25, -0.2) is 4.99 Å². The fourth-order valence-electron chi connectivity index (χ4n) is 5.42. The third kappa shape index (κ3) is 4.72. The van der Waals surface area contributed by atoms with Crippen molar-refractivity contribution in [1.82, 2.24) is 4.90 Å². The summed E-state index contributed by atoms with van der Waals surface area (Å²) in [4.78, 5) is 18.4. The zero-order valence-corrected chi connectivity index (χ0v) is 22.5. The van der Waals surface area contributed by atoms with Crippen LogP contribution in [0.3, 0.4) is 0 Å². The Labute approximate surface area is 231 Å². The van der Waals surface area contributed by atoms with E-state index in [9.17, 15) is 10.1 Å². The molecule has 0 amide bonds. The highest BCUT2D eigenvalue weighted by molar-refractivity contribution is 8.16. The number of ether oxygens (including phenoxy) is 2. The number of aliphatic imine (C=N–C) groups is 1. The van der Waals surface area contributed by atoms with Crippen molar-refractivity contribution in [1.29, 1.82) is 0 Å². The second-order valence-electron chi connectivity index (χ2n) is 9.54. The Morgan fingerprint density at radius 3 is 2.49 bits per heavy atom. The Bertz CT molecular complexity index is 1570. The molecule has 0 saturated carbocycles. The molecule has 0 fully saturated rings. The van der Waals surface area contributed by atoms with Crippen LogP contribution in [0.25, 0.3) is 11.8 Å². The second-order valence-corrected chi connectivity index (χ2v) is 10.4. The molecule has 196 valence electrons. The van der Waals surface area contributed by atoms with E-state index in [2.05, 4.69) is 34.6 Å². The summed E-state index contributed by atoms with van der Waals surface area (Å²) in [6.07, 6.45) is 5.13. The number of benzene rings is 3. The van der Waals surface area contributed by atoms with Crippen molar-refractivity contribution in [2.75, 3.05) is 14.2 Å². The van der Waals surface area contributed by atoms with E-state index in [1.54, 1.807) is 38.1 Å². The number of methoxy groups -OCH3 is 2. The number of hydrogen-bond acceptors (Lipinski definition) is 7. The maximum atomic E-state index is 11.2. The normalized spacial score (nSPS) is 19.3. The first-order chi connectivity index (χ1) is 19.1. The van der Waals surface area contributed by atoms with Gasteiger partial charge in [0.1, 0.15) is 11.5 Å². The number of rotatable bonds is 6. The van der Waals surface area contributed by atoms with Gasteiger partial charge in [0.05, 0.1) is 36.6 Å². The number of hydrogen-bond donors (Lipinski definition) is 0. The van der Waals surface area contributed by atoms with Crippen LogP contribution in [0.2, 0.25) is 0 Å². The van der Waals surface area contributed by atoms with Crippen LogP contribution in [0.1, 0.15) is 42.0 Å². The van der Waals surface area contributed by atoms with Crippen LogP contribution < -0.4 is 9.47 Å². The van der Waals surface area contributed by atoms with Crippen LogP contribution in [-0.2, 0) is 0 Å². The topological polar surface area (TPSA) is 77.2 Å². The number of amidine groups is 1. The van der Waals surface area contributed by atoms with Gasteiger partial charge in [-0.15, -0.1) is 0 Å². The summed E-state index contributed by atoms with van der Waals surface area (Å²) in [5.74, 6) is 1.63. The molecule has 3 aromatic rings. The summed E-state index contributed by atoms with van der Waals surface area (Å²) >= 11 is 1.59. The molecule has 2 heterocycles. The lowest BCUT2D eigenvalue weighted by Crippen LogP contribution is -2.34. The van der Waals surface area contributed by atoms with Gasteiger partial charge in [0.2, 0.25) is 0 Å². The van der Waals surface area contributed by atoms with Crippen LogP contribution in [-0.4, -0.2) is 29.2 Å². The van der Waals surface area contributed by atoms with Crippen LogP contribution in [0.4, 0.5) is 5.69 Å². The zero-order valence-electron chi connectivity index (χ0n) is 21.7. The quantitative estimate of drug-likeness (QED) is 0.238. The highest BCUT2D eigenvalue weighted by Gasteiger charge is 2.40. The highest BCUT2D eigenvalue weighted by Crippen LogP contribution is 2.51. The van der Waals surface area contributed by atoms with Crippen LogP contribution in [0.5, 0.6) is 11.5 Å². The molecule has 0 unspecified atom stereocenters. The van der Waals surface area contributed by atoms with Gasteiger partial charge in [-0.05, 0) is 89.6 Å². The molecule has 3 aliphatic rings. The summed E-state index contributed by atoms with van der Waals surface area (Å²) < 4.78 is 11.0. The molecular weight excluding hydrogens is 510 g/mol. The van der Waals surface area contributed by atoms with Crippen molar-refractivity contribution >= 4 is 34.4 Å². The van der Waals surface area contributed by atoms with E-state index in [1.807, 2.05) is 42.5 Å². The van der Waals surface area contributed by atoms with Gasteiger partial charge < -0.3 is 14.4 Å². The number of nitro groups is 1. The van der Waals surface area contributed by atoms with Crippen molar-refractivity contribution in [3.05, 3.63) is 122 Å². The molecule has 1 aliphatic carbocycles. The van der Waals surface area contributed by atoms with Crippen LogP contribution in [0.15, 0.2) is 100 Å². The van der Waals surface area contributed by atoms with E-state index in [1.165, 1.54) is 11.1 Å². The van der Waals surface area contributed by atoms with Gasteiger partial charge in [-0.1, -0.05) is 36.0 Å². The van der Waals surface area contributed by atoms with Gasteiger partial charge in [-0.2, -0.15) is 0 Å². The molecule has 0 saturated heterocycles. The fourth-order valence-corrected chi connectivity index (χ4v) is 6.35. The minimum atomic E-state index is -0.371. The first kappa shape index (κ1) is 25.0. The number of non-ortho nitro benzene ring substituents is 1. The van der Waals surface area contributed by atoms with Crippen LogP contribution >= 0.6 is 11.8 Å². The Balaban J connectivity index is 1.47. The molecule has 0 aromatic heterocycles. The summed E-state index contributed by atoms with van der Waals surface area (Å²) in [5.41, 5.74) is 7.71. The Hall–Kier alpha value is -4.30. The first-order valence-corrected chi connectivity index (χ1v) is 13.7. The lowest BCUT2D eigenvalue weighted by molar-refractivity contribution is -0.384. The summed E-state index contributed by atoms with van der Waals surface area (Å²) in [5, 5.41) is 14.2. The Morgan fingerprint density at radius 1 is 1.00 bits per heavy atom. The van der Waals surface area contributed by atoms with E-state index < -0.39 is 0 Å².